The van der Waals surface area contributed by atoms with Crippen LogP contribution < -0.4 is 5.32 Å². The Hall–Kier alpha value is -0.0900. The molecule has 0 saturated carbocycles. The molecule has 0 atom stereocenters. The first-order valence-corrected chi connectivity index (χ1v) is 7.02. The fourth-order valence-corrected chi connectivity index (χ4v) is 2.37. The third-order valence-corrected chi connectivity index (χ3v) is 3.47. The normalized spacial score (nSPS) is 11.5. The molecule has 0 saturated heterocycles. The highest BCUT2D eigenvalue weighted by Gasteiger charge is 2.04. The summed E-state index contributed by atoms with van der Waals surface area (Å²) in [6.45, 7) is 7.30. The Kier molecular flexibility index (Phi) is 6.49. The van der Waals surface area contributed by atoms with Crippen LogP contribution in [0.25, 0.3) is 0 Å². The summed E-state index contributed by atoms with van der Waals surface area (Å²) in [5.74, 6) is 0. The molecule has 0 aromatic heterocycles. The lowest BCUT2D eigenvalue weighted by Gasteiger charge is -2.18. The SMILES string of the molecule is CC(C)NCCN(C)Cc1ccc(Cl)cc1Br. The lowest BCUT2D eigenvalue weighted by atomic mass is 10.2. The van der Waals surface area contributed by atoms with Crippen molar-refractivity contribution in [2.45, 2.75) is 26.4 Å². The molecule has 96 valence electrons. The van der Waals surface area contributed by atoms with Crippen molar-refractivity contribution in [2.75, 3.05) is 20.1 Å². The number of halogens is 2. The van der Waals surface area contributed by atoms with Gasteiger partial charge in [0, 0.05) is 35.2 Å². The summed E-state index contributed by atoms with van der Waals surface area (Å²) in [7, 11) is 2.13. The molecule has 2 nitrogen and oxygen atoms in total. The van der Waals surface area contributed by atoms with E-state index >= 15 is 0 Å². The summed E-state index contributed by atoms with van der Waals surface area (Å²) in [6.07, 6.45) is 0. The molecule has 0 aliphatic heterocycles. The first-order chi connectivity index (χ1) is 7.99. The average molecular weight is 320 g/mol. The third-order valence-electron chi connectivity index (χ3n) is 2.50. The molecule has 17 heavy (non-hydrogen) atoms. The Morgan fingerprint density at radius 1 is 1.41 bits per heavy atom. The van der Waals surface area contributed by atoms with Crippen LogP contribution in [0.1, 0.15) is 19.4 Å². The van der Waals surface area contributed by atoms with Crippen molar-refractivity contribution in [3.63, 3.8) is 0 Å². The molecule has 1 rings (SSSR count). The fourth-order valence-electron chi connectivity index (χ4n) is 1.56. The number of likely N-dealkylation sites (N-methyl/N-ethyl adjacent to an activating group) is 1. The van der Waals surface area contributed by atoms with E-state index in [4.69, 9.17) is 11.6 Å². The van der Waals surface area contributed by atoms with Crippen LogP contribution in [0.15, 0.2) is 22.7 Å². The smallest absolute Gasteiger partial charge is 0.0417 e. The van der Waals surface area contributed by atoms with Gasteiger partial charge in [-0.05, 0) is 24.7 Å². The van der Waals surface area contributed by atoms with Crippen LogP contribution in [-0.4, -0.2) is 31.1 Å². The number of hydrogen-bond donors (Lipinski definition) is 1. The Morgan fingerprint density at radius 2 is 2.12 bits per heavy atom. The van der Waals surface area contributed by atoms with Crippen molar-refractivity contribution in [3.05, 3.63) is 33.3 Å². The van der Waals surface area contributed by atoms with Crippen LogP contribution in [0.4, 0.5) is 0 Å². The van der Waals surface area contributed by atoms with Crippen molar-refractivity contribution < 1.29 is 0 Å². The fraction of sp³-hybridized carbons (Fsp3) is 0.538. The van der Waals surface area contributed by atoms with E-state index in [1.54, 1.807) is 0 Å². The number of rotatable bonds is 6. The van der Waals surface area contributed by atoms with E-state index < -0.39 is 0 Å². The van der Waals surface area contributed by atoms with Crippen LogP contribution in [0.5, 0.6) is 0 Å². The molecule has 4 heteroatoms. The number of benzene rings is 1. The summed E-state index contributed by atoms with van der Waals surface area (Å²) >= 11 is 9.46. The average Bonchev–Trinajstić information content (AvgIpc) is 2.21. The molecular formula is C13H20BrClN2. The van der Waals surface area contributed by atoms with Crippen molar-refractivity contribution in [1.29, 1.82) is 0 Å². The van der Waals surface area contributed by atoms with Gasteiger partial charge in [-0.1, -0.05) is 47.4 Å². The van der Waals surface area contributed by atoms with E-state index in [1.807, 2.05) is 12.1 Å². The molecule has 0 bridgehead atoms. The van der Waals surface area contributed by atoms with Gasteiger partial charge in [0.25, 0.3) is 0 Å². The van der Waals surface area contributed by atoms with Crippen molar-refractivity contribution in [2.24, 2.45) is 0 Å². The minimum atomic E-state index is 0.547. The molecule has 0 aliphatic carbocycles. The zero-order valence-corrected chi connectivity index (χ0v) is 13.0. The van der Waals surface area contributed by atoms with E-state index in [0.29, 0.717) is 6.04 Å². The first-order valence-electron chi connectivity index (χ1n) is 5.85. The predicted octanol–water partition coefficient (Wildman–Crippen LogP) is 3.53. The summed E-state index contributed by atoms with van der Waals surface area (Å²) in [5, 5.41) is 4.18. The third kappa shape index (κ3) is 5.87. The molecule has 0 radical (unpaired) electrons. The summed E-state index contributed by atoms with van der Waals surface area (Å²) in [6, 6.07) is 6.49. The Labute approximate surface area is 117 Å². The van der Waals surface area contributed by atoms with Crippen LogP contribution in [0, 0.1) is 0 Å². The van der Waals surface area contributed by atoms with Gasteiger partial charge in [0.1, 0.15) is 0 Å². The maximum Gasteiger partial charge on any atom is 0.0417 e. The molecular weight excluding hydrogens is 300 g/mol. The lowest BCUT2D eigenvalue weighted by molar-refractivity contribution is 0.319. The van der Waals surface area contributed by atoms with E-state index in [9.17, 15) is 0 Å². The minimum absolute atomic E-state index is 0.547. The van der Waals surface area contributed by atoms with Gasteiger partial charge >= 0.3 is 0 Å². The van der Waals surface area contributed by atoms with E-state index in [0.717, 1.165) is 29.1 Å². The van der Waals surface area contributed by atoms with Gasteiger partial charge in [0.2, 0.25) is 0 Å². The minimum Gasteiger partial charge on any atom is -0.313 e. The molecule has 1 aromatic rings. The highest BCUT2D eigenvalue weighted by Crippen LogP contribution is 2.22. The number of hydrogen-bond acceptors (Lipinski definition) is 2. The molecule has 0 unspecified atom stereocenters. The molecule has 0 amide bonds. The maximum atomic E-state index is 5.92. The lowest BCUT2D eigenvalue weighted by Crippen LogP contribution is -2.32. The highest BCUT2D eigenvalue weighted by molar-refractivity contribution is 9.10. The zero-order chi connectivity index (χ0) is 12.8. The molecule has 0 aliphatic rings. The predicted molar refractivity (Wildman–Crippen MR) is 78.6 cm³/mol. The second kappa shape index (κ2) is 7.37. The first kappa shape index (κ1) is 15.0. The topological polar surface area (TPSA) is 15.3 Å². The Balaban J connectivity index is 2.42. The molecule has 0 heterocycles. The van der Waals surface area contributed by atoms with Gasteiger partial charge in [-0.2, -0.15) is 0 Å². The van der Waals surface area contributed by atoms with Gasteiger partial charge in [0.15, 0.2) is 0 Å². The van der Waals surface area contributed by atoms with Gasteiger partial charge in [-0.15, -0.1) is 0 Å². The van der Waals surface area contributed by atoms with Gasteiger partial charge in [-0.25, -0.2) is 0 Å². The Morgan fingerprint density at radius 3 is 2.71 bits per heavy atom. The van der Waals surface area contributed by atoms with Crippen LogP contribution in [-0.2, 0) is 6.54 Å². The van der Waals surface area contributed by atoms with Gasteiger partial charge in [0.05, 0.1) is 0 Å². The van der Waals surface area contributed by atoms with E-state index in [2.05, 4.69) is 53.1 Å². The molecule has 0 fully saturated rings. The van der Waals surface area contributed by atoms with Crippen LogP contribution >= 0.6 is 27.5 Å². The second-order valence-corrected chi connectivity index (χ2v) is 5.87. The second-order valence-electron chi connectivity index (χ2n) is 4.58. The molecule has 0 spiro atoms. The Bertz CT molecular complexity index is 355. The molecule has 1 aromatic carbocycles. The van der Waals surface area contributed by atoms with Gasteiger partial charge in [-0.3, -0.25) is 0 Å². The van der Waals surface area contributed by atoms with Crippen LogP contribution in [0.2, 0.25) is 5.02 Å². The number of nitrogens with one attached hydrogen (secondary N) is 1. The van der Waals surface area contributed by atoms with Crippen molar-refractivity contribution in [1.82, 2.24) is 10.2 Å². The van der Waals surface area contributed by atoms with E-state index in [-0.39, 0.29) is 0 Å². The molecule has 1 N–H and O–H groups in total. The zero-order valence-electron chi connectivity index (χ0n) is 10.6. The summed E-state index contributed by atoms with van der Waals surface area (Å²) in [5.41, 5.74) is 1.27. The largest absolute Gasteiger partial charge is 0.313 e. The summed E-state index contributed by atoms with van der Waals surface area (Å²) < 4.78 is 1.08. The standard InChI is InChI=1S/C13H20BrClN2/c1-10(2)16-6-7-17(3)9-11-4-5-12(15)8-13(11)14/h4-5,8,10,16H,6-7,9H2,1-3H3. The van der Waals surface area contributed by atoms with Crippen LogP contribution in [0.3, 0.4) is 0 Å². The summed E-state index contributed by atoms with van der Waals surface area (Å²) in [4.78, 5) is 2.30. The maximum absolute atomic E-state index is 5.92. The number of nitrogens with zero attached hydrogens (tertiary/aromatic N) is 1. The highest BCUT2D eigenvalue weighted by atomic mass is 79.9. The monoisotopic (exact) mass is 318 g/mol. The van der Waals surface area contributed by atoms with Crippen molar-refractivity contribution >= 4 is 27.5 Å². The quantitative estimate of drug-likeness (QED) is 0.863. The van der Waals surface area contributed by atoms with Crippen molar-refractivity contribution in [3.8, 4) is 0 Å². The van der Waals surface area contributed by atoms with E-state index in [1.165, 1.54) is 5.56 Å². The van der Waals surface area contributed by atoms with Gasteiger partial charge < -0.3 is 10.2 Å².